The topological polar surface area (TPSA) is 38.9 Å². The molecule has 74 heavy (non-hydrogen) atoms. The fraction of sp³-hybridized carbons (Fsp3) is 0.0149. The summed E-state index contributed by atoms with van der Waals surface area (Å²) >= 11 is 0. The van der Waals surface area contributed by atoms with Crippen LogP contribution in [0.3, 0.4) is 0 Å². The molecule has 10 aromatic carbocycles. The molecule has 0 aliphatic carbocycles. The van der Waals surface area contributed by atoms with Crippen LogP contribution >= 0.6 is 0 Å². The molecule has 0 amide bonds. The predicted octanol–water partition coefficient (Wildman–Crippen LogP) is 10.3. The van der Waals surface area contributed by atoms with Crippen LogP contribution in [0.2, 0.25) is 0 Å². The quantitative estimate of drug-likeness (QED) is 0.107. The third kappa shape index (κ3) is 6.47. The molecule has 1 aliphatic rings. The Balaban J connectivity index is 1.15. The Morgan fingerprint density at radius 3 is 1.68 bits per heavy atom. The normalized spacial score (nSPS) is 13.0. The van der Waals surface area contributed by atoms with Gasteiger partial charge in [0.1, 0.15) is 11.6 Å². The summed E-state index contributed by atoms with van der Waals surface area (Å²) in [6.07, 6.45) is 1.94. The van der Waals surface area contributed by atoms with Gasteiger partial charge in [-0.1, -0.05) is 218 Å². The maximum absolute atomic E-state index is 5.27. The minimum absolute atomic E-state index is 0.869. The van der Waals surface area contributed by atoms with E-state index in [4.69, 9.17) is 9.97 Å². The Kier molecular flexibility index (Phi) is 10.4. The van der Waals surface area contributed by atoms with Crippen LogP contribution in [0.1, 0.15) is 0 Å². The summed E-state index contributed by atoms with van der Waals surface area (Å²) in [6, 6.07) is 102. The zero-order valence-electron chi connectivity index (χ0n) is 40.8. The number of benzene rings is 10. The number of imidazole rings is 1. The first kappa shape index (κ1) is 43.6. The zero-order valence-corrected chi connectivity index (χ0v) is 42.8. The zero-order chi connectivity index (χ0) is 49.2. The van der Waals surface area contributed by atoms with E-state index in [1.807, 2.05) is 12.3 Å². The number of para-hydroxylation sites is 4. The van der Waals surface area contributed by atoms with Crippen LogP contribution in [-0.2, 0) is 7.05 Å². The fourth-order valence-electron chi connectivity index (χ4n) is 12.5. The average molecular weight is 980 g/mol. The van der Waals surface area contributed by atoms with Gasteiger partial charge in [0.2, 0.25) is 0 Å². The lowest BCUT2D eigenvalue weighted by Gasteiger charge is -2.46. The van der Waals surface area contributed by atoms with Gasteiger partial charge in [0, 0.05) is 46.1 Å². The molecular weight excluding hydrogens is 931 g/mol. The van der Waals surface area contributed by atoms with Crippen molar-refractivity contribution >= 4 is 108 Å². The summed E-state index contributed by atoms with van der Waals surface area (Å²) < 4.78 is 4.77. The van der Waals surface area contributed by atoms with Crippen molar-refractivity contribution in [1.29, 1.82) is 0 Å². The van der Waals surface area contributed by atoms with Gasteiger partial charge in [0.05, 0.1) is 27.8 Å². The van der Waals surface area contributed by atoms with E-state index in [0.29, 0.717) is 0 Å². The maximum Gasteiger partial charge on any atom is 0.186 e. The van der Waals surface area contributed by atoms with Crippen LogP contribution < -0.4 is 46.4 Å². The molecule has 0 saturated carbocycles. The molecule has 0 spiro atoms. The average Bonchev–Trinajstić information content (AvgIpc) is 4.12. The minimum Gasteiger partial charge on any atom is -0.327 e. The van der Waals surface area contributed by atoms with Gasteiger partial charge in [-0.3, -0.25) is 4.90 Å². The Labute approximate surface area is 432 Å². The minimum atomic E-state index is -3.32. The molecule has 0 saturated heterocycles. The summed E-state index contributed by atoms with van der Waals surface area (Å²) in [5.41, 5.74) is 8.99. The summed E-state index contributed by atoms with van der Waals surface area (Å²) in [5.74, 6) is 1.81. The van der Waals surface area contributed by atoms with Crippen molar-refractivity contribution in [1.82, 2.24) is 19.1 Å². The highest BCUT2D eigenvalue weighted by molar-refractivity contribution is 7.23. The number of fused-ring (bicyclic) bond motifs is 7. The molecule has 350 valence electrons. The van der Waals surface area contributed by atoms with Crippen molar-refractivity contribution in [3.05, 3.63) is 279 Å². The van der Waals surface area contributed by atoms with E-state index in [1.54, 1.807) is 0 Å². The van der Waals surface area contributed by atoms with Crippen molar-refractivity contribution in [3.8, 4) is 17.1 Å². The standard InChI is InChI=1S/C67H49N5Si2/c1-70-60-39-20-18-37-58(60)69-67(70)48-24-23-35-54(46-48)73(50-27-9-3-10-28-50,51-29-11-4-12-30-51)55-41-44-63-62(47-55)72(64-40-21-22-45-68-64)61-43-42-57-56-36-17-19-38-59(56)71(49-25-7-2-8-26-49)65(57)66(61)74(63,52-31-13-5-14-32-52)53-33-15-6-16-34-53/h2-47H,1H3. The number of pyridine rings is 1. The molecule has 7 heteroatoms. The first-order valence-electron chi connectivity index (χ1n) is 25.4. The van der Waals surface area contributed by atoms with Crippen LogP contribution in [0.5, 0.6) is 0 Å². The molecule has 0 N–H and O–H groups in total. The molecule has 0 bridgehead atoms. The Hall–Kier alpha value is -9.15. The molecule has 0 fully saturated rings. The van der Waals surface area contributed by atoms with Gasteiger partial charge >= 0.3 is 0 Å². The second kappa shape index (κ2) is 17.6. The molecule has 14 rings (SSSR count). The van der Waals surface area contributed by atoms with E-state index in [1.165, 1.54) is 63.3 Å². The van der Waals surface area contributed by atoms with E-state index in [9.17, 15) is 0 Å². The van der Waals surface area contributed by atoms with Gasteiger partial charge in [0.25, 0.3) is 0 Å². The van der Waals surface area contributed by atoms with Gasteiger partial charge in [-0.2, -0.15) is 0 Å². The SMILES string of the molecule is Cn1c(-c2cccc([Si](c3ccccc3)(c3ccccc3)c3ccc4c(c3)N(c3ccccn3)c3ccc5c6ccccc6n(-c6ccccc6)c5c3[Si]4(c3ccccc3)c3ccccc3)c2)nc2ccccc21. The molecule has 0 radical (unpaired) electrons. The highest BCUT2D eigenvalue weighted by Gasteiger charge is 2.52. The third-order valence-corrected chi connectivity index (χ3v) is 25.2. The van der Waals surface area contributed by atoms with Crippen LogP contribution in [0.15, 0.2) is 279 Å². The molecule has 13 aromatic rings. The van der Waals surface area contributed by atoms with Gasteiger partial charge in [0.15, 0.2) is 16.1 Å². The molecule has 3 aromatic heterocycles. The van der Waals surface area contributed by atoms with Crippen molar-refractivity contribution < 1.29 is 0 Å². The molecule has 4 heterocycles. The third-order valence-electron chi connectivity index (χ3n) is 15.6. The number of rotatable bonds is 9. The van der Waals surface area contributed by atoms with Crippen LogP contribution in [0.25, 0.3) is 49.9 Å². The Morgan fingerprint density at radius 2 is 1.01 bits per heavy atom. The first-order chi connectivity index (χ1) is 36.7. The second-order valence-corrected chi connectivity index (χ2v) is 26.8. The monoisotopic (exact) mass is 979 g/mol. The van der Waals surface area contributed by atoms with Crippen LogP contribution in [-0.4, -0.2) is 35.2 Å². The van der Waals surface area contributed by atoms with Gasteiger partial charge in [-0.25, -0.2) is 9.97 Å². The number of nitrogens with zero attached hydrogens (tertiary/aromatic N) is 5. The van der Waals surface area contributed by atoms with Crippen molar-refractivity contribution in [2.45, 2.75) is 0 Å². The number of hydrogen-bond donors (Lipinski definition) is 0. The lowest BCUT2D eigenvalue weighted by molar-refractivity contribution is 0.959. The van der Waals surface area contributed by atoms with Crippen molar-refractivity contribution in [3.63, 3.8) is 0 Å². The Bertz CT molecular complexity index is 4120. The lowest BCUT2D eigenvalue weighted by atomic mass is 10.1. The van der Waals surface area contributed by atoms with E-state index >= 15 is 0 Å². The van der Waals surface area contributed by atoms with Gasteiger partial charge in [-0.15, -0.1) is 0 Å². The molecule has 5 nitrogen and oxygen atoms in total. The summed E-state index contributed by atoms with van der Waals surface area (Å²) in [7, 11) is -4.39. The van der Waals surface area contributed by atoms with E-state index in [0.717, 1.165) is 45.3 Å². The van der Waals surface area contributed by atoms with Crippen molar-refractivity contribution in [2.24, 2.45) is 7.05 Å². The summed E-state index contributed by atoms with van der Waals surface area (Å²) in [5, 5.41) is 12.9. The number of aromatic nitrogens is 4. The number of aryl methyl sites for hydroxylation is 1. The summed E-state index contributed by atoms with van der Waals surface area (Å²) in [6.45, 7) is 0. The van der Waals surface area contributed by atoms with Crippen LogP contribution in [0.4, 0.5) is 17.2 Å². The molecule has 1 aliphatic heterocycles. The fourth-order valence-corrected chi connectivity index (χ4v) is 22.6. The smallest absolute Gasteiger partial charge is 0.186 e. The molecular formula is C67H49N5Si2. The van der Waals surface area contributed by atoms with Crippen molar-refractivity contribution in [2.75, 3.05) is 4.90 Å². The lowest BCUT2D eigenvalue weighted by Crippen LogP contribution is -2.78. The number of anilines is 3. The first-order valence-corrected chi connectivity index (χ1v) is 29.4. The van der Waals surface area contributed by atoms with Gasteiger partial charge in [-0.05, 0) is 90.9 Å². The van der Waals surface area contributed by atoms with Gasteiger partial charge < -0.3 is 9.13 Å². The Morgan fingerprint density at radius 1 is 0.432 bits per heavy atom. The predicted molar refractivity (Wildman–Crippen MR) is 314 cm³/mol. The second-order valence-electron chi connectivity index (χ2n) is 19.3. The summed E-state index contributed by atoms with van der Waals surface area (Å²) in [4.78, 5) is 13.0. The molecule has 0 unspecified atom stereocenters. The number of hydrogen-bond acceptors (Lipinski definition) is 3. The van der Waals surface area contributed by atoms with Crippen LogP contribution in [0, 0.1) is 0 Å². The molecule has 0 atom stereocenters. The maximum atomic E-state index is 5.27. The van der Waals surface area contributed by atoms with E-state index in [-0.39, 0.29) is 0 Å². The largest absolute Gasteiger partial charge is 0.327 e. The highest BCUT2D eigenvalue weighted by atomic mass is 28.3. The highest BCUT2D eigenvalue weighted by Crippen LogP contribution is 2.42. The van der Waals surface area contributed by atoms with E-state index in [2.05, 4.69) is 288 Å². The van der Waals surface area contributed by atoms with E-state index < -0.39 is 16.1 Å².